The monoisotopic (exact) mass is 402 g/mol. The third kappa shape index (κ3) is 3.74. The maximum absolute atomic E-state index is 12.4. The highest BCUT2D eigenvalue weighted by Crippen LogP contribution is 2.27. The number of hydrogen-bond acceptors (Lipinski definition) is 8. The summed E-state index contributed by atoms with van der Waals surface area (Å²) in [4.78, 5) is 22.9. The third-order valence-electron chi connectivity index (χ3n) is 3.91. The van der Waals surface area contributed by atoms with Crippen LogP contribution in [0.4, 0.5) is 11.7 Å². The van der Waals surface area contributed by atoms with Crippen LogP contribution in [-0.2, 0) is 9.84 Å². The van der Waals surface area contributed by atoms with Crippen molar-refractivity contribution in [2.75, 3.05) is 11.6 Å². The van der Waals surface area contributed by atoms with Crippen LogP contribution in [0.15, 0.2) is 51.8 Å². The highest BCUT2D eigenvalue weighted by Gasteiger charge is 2.21. The van der Waals surface area contributed by atoms with Crippen LogP contribution in [0.3, 0.4) is 0 Å². The van der Waals surface area contributed by atoms with Crippen molar-refractivity contribution in [1.82, 2.24) is 10.2 Å². The summed E-state index contributed by atoms with van der Waals surface area (Å²) >= 11 is 0. The Balaban J connectivity index is 1.90. The Kier molecular flexibility index (Phi) is 4.92. The second-order valence-corrected chi connectivity index (χ2v) is 7.83. The molecule has 0 aliphatic carbocycles. The van der Waals surface area contributed by atoms with Crippen LogP contribution in [-0.4, -0.2) is 35.7 Å². The molecule has 11 heteroatoms. The maximum Gasteiger partial charge on any atom is 0.322 e. The lowest BCUT2D eigenvalue weighted by atomic mass is 10.1. The second kappa shape index (κ2) is 7.19. The van der Waals surface area contributed by atoms with E-state index in [-0.39, 0.29) is 39.2 Å². The standard InChI is InChI=1S/C17H14N4O6S/c1-10-11(7-5-8-13(10)21(23)24)15(22)18-17-20-19-16(27-17)12-6-3-4-9-14(12)28(2,25)26/h3-9H,1-2H3,(H,18,20,22). The summed E-state index contributed by atoms with van der Waals surface area (Å²) in [6, 6.07) is 9.91. The predicted molar refractivity (Wildman–Crippen MR) is 98.6 cm³/mol. The van der Waals surface area contributed by atoms with E-state index >= 15 is 0 Å². The smallest absolute Gasteiger partial charge is 0.322 e. The first-order valence-corrected chi connectivity index (χ1v) is 9.76. The molecule has 0 atom stereocenters. The number of nitrogens with zero attached hydrogens (tertiary/aromatic N) is 3. The van der Waals surface area contributed by atoms with Gasteiger partial charge >= 0.3 is 6.01 Å². The van der Waals surface area contributed by atoms with E-state index in [0.717, 1.165) is 6.26 Å². The van der Waals surface area contributed by atoms with E-state index in [1.807, 2.05) is 0 Å². The summed E-state index contributed by atoms with van der Waals surface area (Å²) in [6.07, 6.45) is 1.05. The highest BCUT2D eigenvalue weighted by molar-refractivity contribution is 7.90. The number of aromatic nitrogens is 2. The number of sulfone groups is 1. The van der Waals surface area contributed by atoms with Crippen LogP contribution in [0.1, 0.15) is 15.9 Å². The molecule has 144 valence electrons. The minimum atomic E-state index is -3.54. The average Bonchev–Trinajstić information content (AvgIpc) is 3.09. The van der Waals surface area contributed by atoms with Gasteiger partial charge in [0.05, 0.1) is 15.4 Å². The molecule has 0 aliphatic heterocycles. The largest absolute Gasteiger partial charge is 0.403 e. The minimum Gasteiger partial charge on any atom is -0.403 e. The van der Waals surface area contributed by atoms with Crippen LogP contribution in [0, 0.1) is 17.0 Å². The molecule has 2 aromatic carbocycles. The molecule has 0 spiro atoms. The lowest BCUT2D eigenvalue weighted by molar-refractivity contribution is -0.385. The quantitative estimate of drug-likeness (QED) is 0.506. The van der Waals surface area contributed by atoms with Gasteiger partial charge in [-0.2, -0.15) is 0 Å². The summed E-state index contributed by atoms with van der Waals surface area (Å²) in [5, 5.41) is 20.8. The summed E-state index contributed by atoms with van der Waals surface area (Å²) in [7, 11) is -3.54. The summed E-state index contributed by atoms with van der Waals surface area (Å²) in [5.41, 5.74) is 0.267. The van der Waals surface area contributed by atoms with Gasteiger partial charge in [0.1, 0.15) is 0 Å². The van der Waals surface area contributed by atoms with Crippen molar-refractivity contribution in [3.8, 4) is 11.5 Å². The topological polar surface area (TPSA) is 145 Å². The molecule has 0 radical (unpaired) electrons. The third-order valence-corrected chi connectivity index (χ3v) is 5.06. The van der Waals surface area contributed by atoms with E-state index in [1.165, 1.54) is 37.3 Å². The Morgan fingerprint density at radius 1 is 1.14 bits per heavy atom. The van der Waals surface area contributed by atoms with Crippen molar-refractivity contribution in [2.24, 2.45) is 0 Å². The van der Waals surface area contributed by atoms with Gasteiger partial charge in [0.25, 0.3) is 17.5 Å². The number of anilines is 1. The number of nitro benzene ring substituents is 1. The van der Waals surface area contributed by atoms with Crippen LogP contribution in [0.2, 0.25) is 0 Å². The molecule has 1 amide bonds. The zero-order valence-corrected chi connectivity index (χ0v) is 15.6. The Bertz CT molecular complexity index is 1190. The molecular weight excluding hydrogens is 388 g/mol. The molecule has 0 fully saturated rings. The van der Waals surface area contributed by atoms with Crippen LogP contribution in [0.25, 0.3) is 11.5 Å². The number of carbonyl (C=O) groups excluding carboxylic acids is 1. The Morgan fingerprint density at radius 2 is 1.86 bits per heavy atom. The maximum atomic E-state index is 12.4. The van der Waals surface area contributed by atoms with Gasteiger partial charge < -0.3 is 4.42 Å². The molecule has 3 rings (SSSR count). The number of hydrogen-bond donors (Lipinski definition) is 1. The zero-order valence-electron chi connectivity index (χ0n) is 14.7. The number of benzene rings is 2. The van der Waals surface area contributed by atoms with Crippen LogP contribution in [0.5, 0.6) is 0 Å². The number of nitro groups is 1. The Labute approximate surface area is 159 Å². The molecular formula is C17H14N4O6S. The van der Waals surface area contributed by atoms with Crippen molar-refractivity contribution < 1.29 is 22.6 Å². The van der Waals surface area contributed by atoms with Gasteiger partial charge in [-0.3, -0.25) is 20.2 Å². The van der Waals surface area contributed by atoms with Gasteiger partial charge in [-0.1, -0.05) is 23.3 Å². The van der Waals surface area contributed by atoms with E-state index in [0.29, 0.717) is 0 Å². The number of nitrogens with one attached hydrogen (secondary N) is 1. The molecule has 1 heterocycles. The molecule has 1 aromatic heterocycles. The summed E-state index contributed by atoms with van der Waals surface area (Å²) in [5.74, 6) is -0.764. The zero-order chi connectivity index (χ0) is 20.5. The first-order valence-electron chi connectivity index (χ1n) is 7.87. The lowest BCUT2D eigenvalue weighted by Gasteiger charge is -2.05. The van der Waals surface area contributed by atoms with Gasteiger partial charge in [-0.15, -0.1) is 5.10 Å². The van der Waals surface area contributed by atoms with Gasteiger partial charge in [-0.25, -0.2) is 8.42 Å². The SMILES string of the molecule is Cc1c(C(=O)Nc2nnc(-c3ccccc3S(C)(=O)=O)o2)cccc1[N+](=O)[O-]. The lowest BCUT2D eigenvalue weighted by Crippen LogP contribution is -2.14. The number of rotatable bonds is 5. The van der Waals surface area contributed by atoms with E-state index in [2.05, 4.69) is 15.5 Å². The van der Waals surface area contributed by atoms with Crippen LogP contribution < -0.4 is 5.32 Å². The summed E-state index contributed by atoms with van der Waals surface area (Å²) in [6.45, 7) is 1.45. The van der Waals surface area contributed by atoms with Gasteiger partial charge in [0.2, 0.25) is 0 Å². The molecule has 0 unspecified atom stereocenters. The van der Waals surface area contributed by atoms with Crippen molar-refractivity contribution in [3.63, 3.8) is 0 Å². The first-order chi connectivity index (χ1) is 13.2. The fourth-order valence-electron chi connectivity index (χ4n) is 2.58. The van der Waals surface area contributed by atoms with Crippen molar-refractivity contribution in [3.05, 3.63) is 63.7 Å². The molecule has 1 N–H and O–H groups in total. The highest BCUT2D eigenvalue weighted by atomic mass is 32.2. The predicted octanol–water partition coefficient (Wildman–Crippen LogP) is 2.61. The molecule has 3 aromatic rings. The van der Waals surface area contributed by atoms with E-state index < -0.39 is 20.7 Å². The Hall–Kier alpha value is -3.60. The fraction of sp³-hybridized carbons (Fsp3) is 0.118. The van der Waals surface area contributed by atoms with Crippen molar-refractivity contribution in [1.29, 1.82) is 0 Å². The minimum absolute atomic E-state index is 0.00561. The fourth-order valence-corrected chi connectivity index (χ4v) is 3.46. The average molecular weight is 402 g/mol. The Morgan fingerprint density at radius 3 is 2.54 bits per heavy atom. The van der Waals surface area contributed by atoms with E-state index in [9.17, 15) is 23.3 Å². The second-order valence-electron chi connectivity index (χ2n) is 5.84. The van der Waals surface area contributed by atoms with E-state index in [1.54, 1.807) is 12.1 Å². The number of amides is 1. The first kappa shape index (κ1) is 19.2. The van der Waals surface area contributed by atoms with Gasteiger partial charge in [-0.05, 0) is 25.1 Å². The molecule has 0 bridgehead atoms. The van der Waals surface area contributed by atoms with Crippen LogP contribution >= 0.6 is 0 Å². The van der Waals surface area contributed by atoms with Crippen molar-refractivity contribution >= 4 is 27.4 Å². The van der Waals surface area contributed by atoms with Gasteiger partial charge in [0.15, 0.2) is 9.84 Å². The van der Waals surface area contributed by atoms with Crippen molar-refractivity contribution in [2.45, 2.75) is 11.8 Å². The molecule has 10 nitrogen and oxygen atoms in total. The molecule has 28 heavy (non-hydrogen) atoms. The summed E-state index contributed by atoms with van der Waals surface area (Å²) < 4.78 is 29.2. The molecule has 0 aliphatic rings. The molecule has 0 saturated heterocycles. The van der Waals surface area contributed by atoms with Gasteiger partial charge in [0, 0.05) is 23.4 Å². The van der Waals surface area contributed by atoms with E-state index in [4.69, 9.17) is 4.42 Å². The normalized spacial score (nSPS) is 11.2. The molecule has 0 saturated carbocycles. The number of carbonyl (C=O) groups is 1.